The van der Waals surface area contributed by atoms with Crippen LogP contribution in [0.2, 0.25) is 0 Å². The lowest BCUT2D eigenvalue weighted by atomic mass is 10.0. The van der Waals surface area contributed by atoms with Gasteiger partial charge in [-0.3, -0.25) is 4.79 Å². The van der Waals surface area contributed by atoms with Crippen molar-refractivity contribution in [1.82, 2.24) is 4.90 Å². The monoisotopic (exact) mass is 288 g/mol. The average molecular weight is 288 g/mol. The molecule has 114 valence electrons. The van der Waals surface area contributed by atoms with E-state index < -0.39 is 5.60 Å². The summed E-state index contributed by atoms with van der Waals surface area (Å²) in [6.07, 6.45) is 0. The van der Waals surface area contributed by atoms with E-state index in [0.717, 1.165) is 11.1 Å². The number of amides is 1. The van der Waals surface area contributed by atoms with Gasteiger partial charge in [-0.15, -0.1) is 0 Å². The van der Waals surface area contributed by atoms with E-state index in [-0.39, 0.29) is 12.5 Å². The second kappa shape index (κ2) is 7.26. The summed E-state index contributed by atoms with van der Waals surface area (Å²) in [6, 6.07) is 5.54. The molecule has 4 nitrogen and oxygen atoms in total. The first-order valence-electron chi connectivity index (χ1n) is 7.09. The van der Waals surface area contributed by atoms with Gasteiger partial charge in [-0.1, -0.05) is 17.9 Å². The summed E-state index contributed by atoms with van der Waals surface area (Å²) in [5, 5.41) is 9.92. The zero-order chi connectivity index (χ0) is 16.0. The molecule has 0 unspecified atom stereocenters. The predicted octanol–water partition coefficient (Wildman–Crippen LogP) is 1.54. The highest BCUT2D eigenvalue weighted by molar-refractivity contribution is 5.96. The van der Waals surface area contributed by atoms with Gasteiger partial charge in [0.15, 0.2) is 0 Å². The Morgan fingerprint density at radius 1 is 1.43 bits per heavy atom. The highest BCUT2D eigenvalue weighted by Gasteiger charge is 2.23. The zero-order valence-electron chi connectivity index (χ0n) is 13.2. The number of carbonyl (C=O) groups excluding carboxylic acids is 1. The van der Waals surface area contributed by atoms with Crippen molar-refractivity contribution in [3.63, 3.8) is 0 Å². The van der Waals surface area contributed by atoms with Crippen molar-refractivity contribution < 1.29 is 9.90 Å². The molecule has 0 saturated heterocycles. The molecule has 0 aliphatic heterocycles. The number of hydrogen-bond acceptors (Lipinski definition) is 3. The van der Waals surface area contributed by atoms with E-state index in [2.05, 4.69) is 11.8 Å². The maximum absolute atomic E-state index is 12.6. The van der Waals surface area contributed by atoms with Gasteiger partial charge >= 0.3 is 0 Å². The minimum Gasteiger partial charge on any atom is -0.389 e. The molecule has 4 heteroatoms. The second-order valence-electron chi connectivity index (χ2n) is 5.67. The van der Waals surface area contributed by atoms with Crippen LogP contribution in [-0.4, -0.2) is 41.1 Å². The summed E-state index contributed by atoms with van der Waals surface area (Å²) in [7, 11) is 0. The number of hydrogen-bond donors (Lipinski definition) is 2. The molecule has 1 aromatic rings. The Balaban J connectivity index is 3.09. The van der Waals surface area contributed by atoms with Crippen LogP contribution in [0.1, 0.15) is 42.3 Å². The molecule has 0 bridgehead atoms. The molecule has 1 amide bonds. The van der Waals surface area contributed by atoms with Gasteiger partial charge in [0.1, 0.15) is 0 Å². The third-order valence-corrected chi connectivity index (χ3v) is 3.05. The van der Waals surface area contributed by atoms with E-state index in [4.69, 9.17) is 5.73 Å². The molecule has 1 rings (SSSR count). The maximum atomic E-state index is 12.6. The molecule has 0 heterocycles. The SMILES string of the molecule is CCN(CC(C)(C)O)C(=O)c1cc(C#CCN)ccc1C. The number of rotatable bonds is 4. The van der Waals surface area contributed by atoms with E-state index >= 15 is 0 Å². The molecule has 0 saturated carbocycles. The van der Waals surface area contributed by atoms with Crippen molar-refractivity contribution >= 4 is 5.91 Å². The average Bonchev–Trinajstić information content (AvgIpc) is 2.42. The maximum Gasteiger partial charge on any atom is 0.254 e. The van der Waals surface area contributed by atoms with Gasteiger partial charge in [0.05, 0.1) is 12.1 Å². The first-order chi connectivity index (χ1) is 9.78. The number of aliphatic hydroxyl groups is 1. The van der Waals surface area contributed by atoms with E-state index in [1.807, 2.05) is 26.0 Å². The van der Waals surface area contributed by atoms with E-state index in [1.54, 1.807) is 24.8 Å². The van der Waals surface area contributed by atoms with Crippen molar-refractivity contribution in [2.75, 3.05) is 19.6 Å². The highest BCUT2D eigenvalue weighted by atomic mass is 16.3. The summed E-state index contributed by atoms with van der Waals surface area (Å²) in [4.78, 5) is 14.3. The van der Waals surface area contributed by atoms with E-state index in [1.165, 1.54) is 0 Å². The van der Waals surface area contributed by atoms with Crippen molar-refractivity contribution in [3.8, 4) is 11.8 Å². The van der Waals surface area contributed by atoms with Crippen LogP contribution in [0.25, 0.3) is 0 Å². The second-order valence-corrected chi connectivity index (χ2v) is 5.67. The molecule has 0 atom stereocenters. The van der Waals surface area contributed by atoms with Gasteiger partial charge < -0.3 is 15.7 Å². The van der Waals surface area contributed by atoms with Gasteiger partial charge in [-0.25, -0.2) is 0 Å². The minimum atomic E-state index is -0.920. The van der Waals surface area contributed by atoms with Crippen molar-refractivity contribution in [2.45, 2.75) is 33.3 Å². The molecular formula is C17H24N2O2. The van der Waals surface area contributed by atoms with Crippen LogP contribution < -0.4 is 5.73 Å². The molecule has 0 aliphatic rings. The quantitative estimate of drug-likeness (QED) is 0.826. The normalized spacial score (nSPS) is 10.8. The Morgan fingerprint density at radius 2 is 2.10 bits per heavy atom. The molecule has 0 aromatic heterocycles. The van der Waals surface area contributed by atoms with Crippen LogP contribution in [0.3, 0.4) is 0 Å². The summed E-state index contributed by atoms with van der Waals surface area (Å²) >= 11 is 0. The summed E-state index contributed by atoms with van der Waals surface area (Å²) < 4.78 is 0. The first kappa shape index (κ1) is 17.2. The lowest BCUT2D eigenvalue weighted by Crippen LogP contribution is -2.42. The van der Waals surface area contributed by atoms with Crippen LogP contribution in [0.4, 0.5) is 0 Å². The number of likely N-dealkylation sites (N-methyl/N-ethyl adjacent to an activating group) is 1. The van der Waals surface area contributed by atoms with Crippen molar-refractivity contribution in [3.05, 3.63) is 34.9 Å². The summed E-state index contributed by atoms with van der Waals surface area (Å²) in [6.45, 7) is 8.30. The van der Waals surface area contributed by atoms with Crippen LogP contribution >= 0.6 is 0 Å². The van der Waals surface area contributed by atoms with Gasteiger partial charge in [-0.2, -0.15) is 0 Å². The lowest BCUT2D eigenvalue weighted by Gasteiger charge is -2.28. The minimum absolute atomic E-state index is 0.0893. The molecule has 21 heavy (non-hydrogen) atoms. The number of carbonyl (C=O) groups is 1. The Kier molecular flexibility index (Phi) is 5.95. The standard InChI is InChI=1S/C17H24N2O2/c1-5-19(12-17(3,4)21)16(20)15-11-14(7-6-10-18)9-8-13(15)2/h8-9,11,21H,5,10,12,18H2,1-4H3. The van der Waals surface area contributed by atoms with Crippen LogP contribution in [0, 0.1) is 18.8 Å². The fourth-order valence-electron chi connectivity index (χ4n) is 2.05. The fraction of sp³-hybridized carbons (Fsp3) is 0.471. The largest absolute Gasteiger partial charge is 0.389 e. The van der Waals surface area contributed by atoms with Crippen molar-refractivity contribution in [1.29, 1.82) is 0 Å². The van der Waals surface area contributed by atoms with Crippen LogP contribution in [0.15, 0.2) is 18.2 Å². The first-order valence-corrected chi connectivity index (χ1v) is 7.09. The topological polar surface area (TPSA) is 66.6 Å². The lowest BCUT2D eigenvalue weighted by molar-refractivity contribution is 0.0314. The number of aryl methyl sites for hydroxylation is 1. The highest BCUT2D eigenvalue weighted by Crippen LogP contribution is 2.15. The third-order valence-electron chi connectivity index (χ3n) is 3.05. The summed E-state index contributed by atoms with van der Waals surface area (Å²) in [5.41, 5.74) is 6.73. The third kappa shape index (κ3) is 5.22. The van der Waals surface area contributed by atoms with Gasteiger partial charge in [0.25, 0.3) is 5.91 Å². The molecule has 0 radical (unpaired) electrons. The summed E-state index contributed by atoms with van der Waals surface area (Å²) in [5.74, 6) is 5.63. The van der Waals surface area contributed by atoms with Crippen LogP contribution in [0.5, 0.6) is 0 Å². The Morgan fingerprint density at radius 3 is 2.62 bits per heavy atom. The van der Waals surface area contributed by atoms with Gasteiger partial charge in [0, 0.05) is 24.2 Å². The fourth-order valence-corrected chi connectivity index (χ4v) is 2.05. The number of benzene rings is 1. The van der Waals surface area contributed by atoms with Gasteiger partial charge in [0.2, 0.25) is 0 Å². The zero-order valence-corrected chi connectivity index (χ0v) is 13.2. The van der Waals surface area contributed by atoms with Crippen molar-refractivity contribution in [2.24, 2.45) is 5.73 Å². The molecule has 0 fully saturated rings. The molecular weight excluding hydrogens is 264 g/mol. The Bertz CT molecular complexity index is 562. The Hall–Kier alpha value is -1.83. The number of nitrogens with two attached hydrogens (primary N) is 1. The number of nitrogens with zero attached hydrogens (tertiary/aromatic N) is 1. The smallest absolute Gasteiger partial charge is 0.254 e. The van der Waals surface area contributed by atoms with E-state index in [9.17, 15) is 9.90 Å². The predicted molar refractivity (Wildman–Crippen MR) is 85.0 cm³/mol. The van der Waals surface area contributed by atoms with Crippen LogP contribution in [-0.2, 0) is 0 Å². The molecule has 0 spiro atoms. The van der Waals surface area contributed by atoms with Gasteiger partial charge in [-0.05, 0) is 45.4 Å². The molecule has 0 aliphatic carbocycles. The van der Waals surface area contributed by atoms with E-state index in [0.29, 0.717) is 18.7 Å². The molecule has 1 aromatic carbocycles. The Labute approximate surface area is 127 Å². The molecule has 3 N–H and O–H groups in total.